The summed E-state index contributed by atoms with van der Waals surface area (Å²) in [6.45, 7) is 6.93. The molecule has 2 bridgehead atoms. The molecule has 9 nitrogen and oxygen atoms in total. The Morgan fingerprint density at radius 3 is 2.35 bits per heavy atom. The number of methoxy groups -OCH3 is 1. The Kier molecular flexibility index (Phi) is 8.97. The summed E-state index contributed by atoms with van der Waals surface area (Å²) in [4.78, 5) is 39.1. The Morgan fingerprint density at radius 2 is 1.77 bits per heavy atom. The van der Waals surface area contributed by atoms with Crippen molar-refractivity contribution in [2.45, 2.75) is 104 Å². The van der Waals surface area contributed by atoms with Crippen LogP contribution in [0.2, 0.25) is 0 Å². The standard InChI is InChI=1S/C34H47N3O6/c1-20(2)17-34(10-5-11-34)19-36-31(39)28-21-6-7-22(14-21)29(28)37-30(38)25-16-26(23(18-35)15-27(25)42-4)43-24-8-12-33(3,13-9-24)32(40)41/h15-16,20-22,24,28-29H,5-14,17,19H2,1-4H3,(H,36,39)(H,37,38)(H,40,41)/t21-,22+,24?,28+,29-,33?/m1/s1. The van der Waals surface area contributed by atoms with Gasteiger partial charge in [-0.2, -0.15) is 5.26 Å². The zero-order valence-corrected chi connectivity index (χ0v) is 26.0. The molecule has 0 unspecified atom stereocenters. The summed E-state index contributed by atoms with van der Waals surface area (Å²) in [5, 5.41) is 25.9. The van der Waals surface area contributed by atoms with Crippen LogP contribution in [-0.2, 0) is 9.59 Å². The van der Waals surface area contributed by atoms with Crippen LogP contribution in [0.3, 0.4) is 0 Å². The number of aliphatic carboxylic acids is 1. The quantitative estimate of drug-likeness (QED) is 0.310. The lowest BCUT2D eigenvalue weighted by Crippen LogP contribution is -2.52. The number of hydrogen-bond acceptors (Lipinski definition) is 6. The summed E-state index contributed by atoms with van der Waals surface area (Å²) in [6, 6.07) is 4.96. The Labute approximate surface area is 255 Å². The van der Waals surface area contributed by atoms with Crippen LogP contribution < -0.4 is 20.1 Å². The highest BCUT2D eigenvalue weighted by atomic mass is 16.5. The first-order chi connectivity index (χ1) is 20.5. The van der Waals surface area contributed by atoms with Crippen LogP contribution in [0.15, 0.2) is 12.1 Å². The van der Waals surface area contributed by atoms with Crippen molar-refractivity contribution in [2.24, 2.45) is 34.5 Å². The van der Waals surface area contributed by atoms with E-state index in [4.69, 9.17) is 9.47 Å². The lowest BCUT2D eigenvalue weighted by molar-refractivity contribution is -0.150. The molecule has 0 aliphatic heterocycles. The van der Waals surface area contributed by atoms with Gasteiger partial charge in [-0.15, -0.1) is 0 Å². The number of carbonyl (C=O) groups is 3. The molecule has 5 rings (SSSR count). The van der Waals surface area contributed by atoms with Crippen molar-refractivity contribution in [1.29, 1.82) is 5.26 Å². The summed E-state index contributed by atoms with van der Waals surface area (Å²) >= 11 is 0. The van der Waals surface area contributed by atoms with Gasteiger partial charge < -0.3 is 25.2 Å². The summed E-state index contributed by atoms with van der Waals surface area (Å²) in [5.41, 5.74) is -0.0607. The number of carboxylic acid groups (broad SMARTS) is 1. The average molecular weight is 594 g/mol. The molecule has 1 aromatic rings. The topological polar surface area (TPSA) is 138 Å². The third-order valence-corrected chi connectivity index (χ3v) is 10.9. The molecule has 0 saturated heterocycles. The number of rotatable bonds is 11. The van der Waals surface area contributed by atoms with E-state index in [1.807, 2.05) is 0 Å². The number of amides is 2. The second kappa shape index (κ2) is 12.4. The minimum Gasteiger partial charge on any atom is -0.496 e. The van der Waals surface area contributed by atoms with Gasteiger partial charge >= 0.3 is 5.97 Å². The number of hydrogen-bond donors (Lipinski definition) is 3. The molecule has 4 aliphatic carbocycles. The fourth-order valence-corrected chi connectivity index (χ4v) is 8.32. The summed E-state index contributed by atoms with van der Waals surface area (Å²) in [7, 11) is 1.46. The molecule has 9 heteroatoms. The monoisotopic (exact) mass is 593 g/mol. The zero-order valence-electron chi connectivity index (χ0n) is 26.0. The van der Waals surface area contributed by atoms with Crippen LogP contribution in [-0.4, -0.2) is 48.7 Å². The van der Waals surface area contributed by atoms with E-state index in [1.165, 1.54) is 19.6 Å². The van der Waals surface area contributed by atoms with Crippen LogP contribution in [0.5, 0.6) is 11.5 Å². The Balaban J connectivity index is 1.30. The van der Waals surface area contributed by atoms with Gasteiger partial charge in [-0.05, 0) is 100 Å². The van der Waals surface area contributed by atoms with Crippen molar-refractivity contribution in [2.75, 3.05) is 13.7 Å². The van der Waals surface area contributed by atoms with E-state index in [-0.39, 0.29) is 69.8 Å². The smallest absolute Gasteiger partial charge is 0.309 e. The molecule has 0 aromatic heterocycles. The van der Waals surface area contributed by atoms with Crippen molar-refractivity contribution in [1.82, 2.24) is 10.6 Å². The highest BCUT2D eigenvalue weighted by Gasteiger charge is 2.52. The van der Waals surface area contributed by atoms with E-state index in [0.29, 0.717) is 38.1 Å². The van der Waals surface area contributed by atoms with Crippen LogP contribution in [0.4, 0.5) is 0 Å². The number of nitrogens with zero attached hydrogens (tertiary/aromatic N) is 1. The highest BCUT2D eigenvalue weighted by Crippen LogP contribution is 2.50. The molecule has 1 aromatic carbocycles. The molecular weight excluding hydrogens is 546 g/mol. The van der Waals surface area contributed by atoms with Crippen LogP contribution in [0.1, 0.15) is 107 Å². The molecule has 0 spiro atoms. The molecule has 3 N–H and O–H groups in total. The van der Waals surface area contributed by atoms with Crippen LogP contribution in [0, 0.1) is 45.8 Å². The summed E-state index contributed by atoms with van der Waals surface area (Å²) in [5.74, 6) is 0.302. The number of ether oxygens (including phenoxy) is 2. The Morgan fingerprint density at radius 1 is 1.07 bits per heavy atom. The van der Waals surface area contributed by atoms with Gasteiger partial charge in [0.05, 0.1) is 35.7 Å². The number of nitrogens with one attached hydrogen (secondary N) is 2. The van der Waals surface area contributed by atoms with Gasteiger partial charge in [0.25, 0.3) is 5.91 Å². The number of benzene rings is 1. The van der Waals surface area contributed by atoms with E-state index < -0.39 is 11.4 Å². The Bertz CT molecular complexity index is 1270. The molecule has 4 atom stereocenters. The van der Waals surface area contributed by atoms with Crippen LogP contribution in [0.25, 0.3) is 0 Å². The molecule has 43 heavy (non-hydrogen) atoms. The van der Waals surface area contributed by atoms with Crippen molar-refractivity contribution in [3.05, 3.63) is 23.3 Å². The molecule has 2 amide bonds. The third kappa shape index (κ3) is 6.34. The SMILES string of the molecule is COc1cc(C#N)c(OC2CCC(C)(C(=O)O)CC2)cc1C(=O)N[C@@H]1[C@H]2CC[C@H](C2)[C@@H]1C(=O)NCC1(CC(C)C)CCC1. The normalized spacial score (nSPS) is 30.7. The van der Waals surface area contributed by atoms with Crippen molar-refractivity contribution >= 4 is 17.8 Å². The van der Waals surface area contributed by atoms with Gasteiger partial charge in [0, 0.05) is 18.7 Å². The van der Waals surface area contributed by atoms with Gasteiger partial charge in [0.2, 0.25) is 5.91 Å². The lowest BCUT2D eigenvalue weighted by Gasteiger charge is -2.44. The van der Waals surface area contributed by atoms with Crippen molar-refractivity contribution in [3.8, 4) is 17.6 Å². The number of fused-ring (bicyclic) bond motifs is 2. The van der Waals surface area contributed by atoms with E-state index in [1.54, 1.807) is 13.0 Å². The predicted molar refractivity (Wildman–Crippen MR) is 161 cm³/mol. The summed E-state index contributed by atoms with van der Waals surface area (Å²) in [6.07, 6.45) is 9.38. The first kappa shape index (κ1) is 31.2. The minimum atomic E-state index is -0.808. The third-order valence-electron chi connectivity index (χ3n) is 10.9. The molecule has 4 aliphatic rings. The summed E-state index contributed by atoms with van der Waals surface area (Å²) < 4.78 is 11.7. The largest absolute Gasteiger partial charge is 0.496 e. The highest BCUT2D eigenvalue weighted by molar-refractivity contribution is 5.98. The fourth-order valence-electron chi connectivity index (χ4n) is 8.32. The van der Waals surface area contributed by atoms with Gasteiger partial charge in [-0.25, -0.2) is 0 Å². The molecule has 234 valence electrons. The van der Waals surface area contributed by atoms with E-state index in [2.05, 4.69) is 30.6 Å². The first-order valence-corrected chi connectivity index (χ1v) is 16.1. The van der Waals surface area contributed by atoms with Gasteiger partial charge in [0.15, 0.2) is 0 Å². The number of nitriles is 1. The average Bonchev–Trinajstić information content (AvgIpc) is 3.57. The number of carboxylic acids is 1. The first-order valence-electron chi connectivity index (χ1n) is 16.1. The molecule has 0 radical (unpaired) electrons. The fraction of sp³-hybridized carbons (Fsp3) is 0.706. The maximum atomic E-state index is 13.8. The van der Waals surface area contributed by atoms with E-state index in [0.717, 1.165) is 38.5 Å². The van der Waals surface area contributed by atoms with Gasteiger partial charge in [-0.1, -0.05) is 20.3 Å². The Hall–Kier alpha value is -3.28. The van der Waals surface area contributed by atoms with E-state index in [9.17, 15) is 24.8 Å². The molecule has 0 heterocycles. The van der Waals surface area contributed by atoms with Gasteiger partial charge in [0.1, 0.15) is 17.6 Å². The van der Waals surface area contributed by atoms with Gasteiger partial charge in [-0.3, -0.25) is 14.4 Å². The van der Waals surface area contributed by atoms with E-state index >= 15 is 0 Å². The molecule has 4 fully saturated rings. The van der Waals surface area contributed by atoms with Crippen molar-refractivity contribution < 1.29 is 29.0 Å². The molecular formula is C34H47N3O6. The second-order valence-corrected chi connectivity index (χ2v) is 14.4. The minimum absolute atomic E-state index is 0.0500. The van der Waals surface area contributed by atoms with Crippen LogP contribution >= 0.6 is 0 Å². The second-order valence-electron chi connectivity index (χ2n) is 14.4. The lowest BCUT2D eigenvalue weighted by atomic mass is 9.64. The zero-order chi connectivity index (χ0) is 30.9. The number of carbonyl (C=O) groups excluding carboxylic acids is 2. The molecule has 4 saturated carbocycles. The van der Waals surface area contributed by atoms with Crippen molar-refractivity contribution in [3.63, 3.8) is 0 Å². The maximum Gasteiger partial charge on any atom is 0.309 e. The maximum absolute atomic E-state index is 13.8. The predicted octanol–water partition coefficient (Wildman–Crippen LogP) is 5.46.